The van der Waals surface area contributed by atoms with Crippen LogP contribution in [0.25, 0.3) is 0 Å². The van der Waals surface area contributed by atoms with E-state index in [2.05, 4.69) is 27.7 Å². The van der Waals surface area contributed by atoms with Gasteiger partial charge in [0.25, 0.3) is 0 Å². The van der Waals surface area contributed by atoms with Crippen molar-refractivity contribution in [3.8, 4) is 0 Å². The van der Waals surface area contributed by atoms with Crippen molar-refractivity contribution in [3.05, 3.63) is 23.2 Å². The number of methoxy groups -OCH3 is 1. The third-order valence-electron chi connectivity index (χ3n) is 7.96. The standard InChI is InChI=1S/C22H30O4/c1-20(2)8-6-9-21(3)16(20)7-10-22(4)17(21)11-13-18(24)15(25-5)12-14(23)19(13)26-22/h12,16-17H,6-11H2,1-5H3/t16-,17+,21-,22-/m1/s1. The van der Waals surface area contributed by atoms with Crippen molar-refractivity contribution in [2.45, 2.75) is 71.8 Å². The van der Waals surface area contributed by atoms with E-state index >= 15 is 0 Å². The molecular formula is C22H30O4. The summed E-state index contributed by atoms with van der Waals surface area (Å²) in [6, 6.07) is 0. The van der Waals surface area contributed by atoms with Crippen LogP contribution in [0, 0.1) is 22.7 Å². The van der Waals surface area contributed by atoms with Crippen molar-refractivity contribution >= 4 is 11.6 Å². The Kier molecular flexibility index (Phi) is 3.74. The minimum absolute atomic E-state index is 0.130. The number of rotatable bonds is 1. The molecule has 4 atom stereocenters. The average Bonchev–Trinajstić information content (AvgIpc) is 2.56. The molecule has 4 aliphatic rings. The first-order valence-electron chi connectivity index (χ1n) is 9.89. The number of carbonyl (C=O) groups is 2. The van der Waals surface area contributed by atoms with E-state index in [9.17, 15) is 9.59 Å². The number of allylic oxidation sites excluding steroid dienone is 2. The molecule has 0 saturated heterocycles. The average molecular weight is 358 g/mol. The van der Waals surface area contributed by atoms with Crippen molar-refractivity contribution in [3.63, 3.8) is 0 Å². The zero-order valence-corrected chi connectivity index (χ0v) is 16.6. The highest BCUT2D eigenvalue weighted by molar-refractivity contribution is 6.21. The van der Waals surface area contributed by atoms with Crippen LogP contribution in [0.3, 0.4) is 0 Å². The van der Waals surface area contributed by atoms with Gasteiger partial charge in [-0.1, -0.05) is 27.2 Å². The van der Waals surface area contributed by atoms with Gasteiger partial charge in [-0.05, 0) is 55.8 Å². The second-order valence-corrected chi connectivity index (χ2v) is 9.82. The summed E-state index contributed by atoms with van der Waals surface area (Å²) >= 11 is 0. The summed E-state index contributed by atoms with van der Waals surface area (Å²) in [5.74, 6) is 0.880. The molecule has 0 bridgehead atoms. The van der Waals surface area contributed by atoms with Crippen molar-refractivity contribution < 1.29 is 19.1 Å². The summed E-state index contributed by atoms with van der Waals surface area (Å²) in [5, 5.41) is 0. The van der Waals surface area contributed by atoms with Crippen molar-refractivity contribution in [1.82, 2.24) is 0 Å². The van der Waals surface area contributed by atoms with Crippen LogP contribution in [0.5, 0.6) is 0 Å². The molecule has 2 fully saturated rings. The van der Waals surface area contributed by atoms with Gasteiger partial charge in [0.15, 0.2) is 11.5 Å². The minimum atomic E-state index is -0.369. The van der Waals surface area contributed by atoms with E-state index in [0.29, 0.717) is 23.3 Å². The zero-order chi connectivity index (χ0) is 18.9. The third-order valence-corrected chi connectivity index (χ3v) is 7.96. The monoisotopic (exact) mass is 358 g/mol. The lowest BCUT2D eigenvalue weighted by Gasteiger charge is -2.63. The van der Waals surface area contributed by atoms with Gasteiger partial charge in [-0.15, -0.1) is 0 Å². The fraction of sp³-hybridized carbons (Fsp3) is 0.727. The zero-order valence-electron chi connectivity index (χ0n) is 16.6. The molecule has 26 heavy (non-hydrogen) atoms. The summed E-state index contributed by atoms with van der Waals surface area (Å²) in [6.45, 7) is 9.34. The number of hydrogen-bond acceptors (Lipinski definition) is 4. The lowest BCUT2D eigenvalue weighted by Crippen LogP contribution is -2.60. The van der Waals surface area contributed by atoms with E-state index in [-0.39, 0.29) is 40.0 Å². The van der Waals surface area contributed by atoms with Crippen LogP contribution < -0.4 is 0 Å². The Labute approximate surface area is 156 Å². The second kappa shape index (κ2) is 5.46. The highest BCUT2D eigenvalue weighted by Gasteiger charge is 2.61. The molecule has 0 spiro atoms. The molecule has 4 rings (SSSR count). The lowest BCUT2D eigenvalue weighted by atomic mass is 9.44. The lowest BCUT2D eigenvalue weighted by molar-refractivity contribution is -0.186. The number of carbonyl (C=O) groups excluding carboxylic acids is 2. The fourth-order valence-corrected chi connectivity index (χ4v) is 6.71. The molecule has 4 nitrogen and oxygen atoms in total. The predicted octanol–water partition coefficient (Wildman–Crippen LogP) is 4.34. The maximum Gasteiger partial charge on any atom is 0.227 e. The second-order valence-electron chi connectivity index (χ2n) is 9.82. The third kappa shape index (κ3) is 2.26. The summed E-state index contributed by atoms with van der Waals surface area (Å²) in [7, 11) is 1.44. The molecule has 0 aromatic rings. The number of hydrogen-bond donors (Lipinski definition) is 0. The quantitative estimate of drug-likeness (QED) is 0.654. The van der Waals surface area contributed by atoms with Gasteiger partial charge in [-0.3, -0.25) is 9.59 Å². The largest absolute Gasteiger partial charge is 0.493 e. The van der Waals surface area contributed by atoms with E-state index in [0.717, 1.165) is 12.8 Å². The Hall–Kier alpha value is -1.58. The van der Waals surface area contributed by atoms with E-state index in [1.54, 1.807) is 0 Å². The van der Waals surface area contributed by atoms with Crippen molar-refractivity contribution in [1.29, 1.82) is 0 Å². The molecular weight excluding hydrogens is 328 g/mol. The molecule has 0 unspecified atom stereocenters. The fourth-order valence-electron chi connectivity index (χ4n) is 6.71. The number of ether oxygens (including phenoxy) is 2. The van der Waals surface area contributed by atoms with Crippen LogP contribution in [0.2, 0.25) is 0 Å². The molecule has 0 aromatic heterocycles. The predicted molar refractivity (Wildman–Crippen MR) is 98.2 cm³/mol. The van der Waals surface area contributed by atoms with Crippen LogP contribution in [0.15, 0.2) is 23.2 Å². The van der Waals surface area contributed by atoms with Crippen LogP contribution in [-0.4, -0.2) is 24.3 Å². The molecule has 2 saturated carbocycles. The first-order chi connectivity index (χ1) is 12.1. The van der Waals surface area contributed by atoms with Gasteiger partial charge in [0.2, 0.25) is 11.6 Å². The van der Waals surface area contributed by atoms with Gasteiger partial charge in [0.05, 0.1) is 7.11 Å². The Morgan fingerprint density at radius 2 is 1.81 bits per heavy atom. The minimum Gasteiger partial charge on any atom is -0.493 e. The maximum absolute atomic E-state index is 12.8. The Balaban J connectivity index is 1.77. The summed E-state index contributed by atoms with van der Waals surface area (Å²) < 4.78 is 11.5. The van der Waals surface area contributed by atoms with Gasteiger partial charge < -0.3 is 9.47 Å². The molecule has 1 aliphatic heterocycles. The van der Waals surface area contributed by atoms with Gasteiger partial charge >= 0.3 is 0 Å². The molecule has 0 aromatic carbocycles. The molecule has 1 heterocycles. The first-order valence-corrected chi connectivity index (χ1v) is 9.89. The van der Waals surface area contributed by atoms with Crippen molar-refractivity contribution in [2.24, 2.45) is 22.7 Å². The van der Waals surface area contributed by atoms with Gasteiger partial charge in [-0.2, -0.15) is 0 Å². The number of fused-ring (bicyclic) bond motifs is 3. The Bertz CT molecular complexity index is 743. The normalized spacial score (nSPS) is 41.5. The summed E-state index contributed by atoms with van der Waals surface area (Å²) in [6.07, 6.45) is 7.62. The summed E-state index contributed by atoms with van der Waals surface area (Å²) in [5.41, 5.74) is 0.603. The highest BCUT2D eigenvalue weighted by Crippen LogP contribution is 2.65. The SMILES string of the molecule is COC1=CC(=O)C2=C(C[C@H]3[C@]4(C)CCCC(C)(C)[C@H]4CC[C@@]3(C)O2)C1=O. The van der Waals surface area contributed by atoms with Gasteiger partial charge in [0.1, 0.15) is 5.60 Å². The molecule has 4 heteroatoms. The van der Waals surface area contributed by atoms with E-state index in [1.807, 2.05) is 0 Å². The van der Waals surface area contributed by atoms with E-state index in [4.69, 9.17) is 9.47 Å². The van der Waals surface area contributed by atoms with Crippen LogP contribution in [-0.2, 0) is 19.1 Å². The molecule has 0 radical (unpaired) electrons. The Morgan fingerprint density at radius 3 is 2.50 bits per heavy atom. The van der Waals surface area contributed by atoms with E-state index < -0.39 is 0 Å². The smallest absolute Gasteiger partial charge is 0.227 e. The molecule has 0 amide bonds. The van der Waals surface area contributed by atoms with Crippen LogP contribution in [0.1, 0.15) is 66.2 Å². The van der Waals surface area contributed by atoms with Crippen LogP contribution >= 0.6 is 0 Å². The highest BCUT2D eigenvalue weighted by atomic mass is 16.5. The number of Topliss-reactive ketones (excluding diaryl/α,β-unsaturated/α-hetero) is 1. The first kappa shape index (κ1) is 17.8. The van der Waals surface area contributed by atoms with Crippen LogP contribution in [0.4, 0.5) is 0 Å². The Morgan fingerprint density at radius 1 is 1.08 bits per heavy atom. The maximum atomic E-state index is 12.8. The van der Waals surface area contributed by atoms with E-state index in [1.165, 1.54) is 32.4 Å². The van der Waals surface area contributed by atoms with Gasteiger partial charge in [0, 0.05) is 17.6 Å². The topological polar surface area (TPSA) is 52.6 Å². The molecule has 3 aliphatic carbocycles. The van der Waals surface area contributed by atoms with Gasteiger partial charge in [-0.25, -0.2) is 0 Å². The molecule has 142 valence electrons. The summed E-state index contributed by atoms with van der Waals surface area (Å²) in [4.78, 5) is 25.4. The number of ketones is 2. The van der Waals surface area contributed by atoms with Crippen molar-refractivity contribution in [2.75, 3.05) is 7.11 Å². The molecule has 0 N–H and O–H groups in total.